The van der Waals surface area contributed by atoms with Gasteiger partial charge in [-0.3, -0.25) is 15.4 Å². The normalized spacial score (nSPS) is 13.0. The molecule has 5 nitrogen and oxygen atoms in total. The second kappa shape index (κ2) is 8.34. The Morgan fingerprint density at radius 1 is 1.04 bits per heavy atom. The zero-order valence-electron chi connectivity index (χ0n) is 13.8. The number of carbonyl (C=O) groups excluding carboxylic acids is 2. The summed E-state index contributed by atoms with van der Waals surface area (Å²) in [6.45, 7) is 1.65. The molecule has 3 N–H and O–H groups in total. The highest BCUT2D eigenvalue weighted by atomic mass is 19.1. The highest BCUT2D eigenvalue weighted by Gasteiger charge is 2.25. The van der Waals surface area contributed by atoms with Gasteiger partial charge in [-0.2, -0.15) is 0 Å². The number of urea groups is 1. The van der Waals surface area contributed by atoms with Gasteiger partial charge >= 0.3 is 6.03 Å². The lowest BCUT2D eigenvalue weighted by atomic mass is 10.0. The van der Waals surface area contributed by atoms with Gasteiger partial charge in [0.2, 0.25) is 5.91 Å². The van der Waals surface area contributed by atoms with E-state index in [1.165, 1.54) is 13.1 Å². The molecule has 2 atom stereocenters. The van der Waals surface area contributed by atoms with Crippen LogP contribution >= 0.6 is 0 Å². The maximum Gasteiger partial charge on any atom is 0.321 e. The molecule has 0 aliphatic rings. The molecule has 2 aromatic rings. The Kier molecular flexibility index (Phi) is 6.19. The van der Waals surface area contributed by atoms with E-state index >= 15 is 0 Å². The van der Waals surface area contributed by atoms with Crippen LogP contribution in [0.15, 0.2) is 48.5 Å². The van der Waals surface area contributed by atoms with E-state index in [0.717, 1.165) is 12.1 Å². The number of nitrogens with one attached hydrogen (secondary N) is 3. The van der Waals surface area contributed by atoms with Crippen LogP contribution in [0, 0.1) is 11.6 Å². The summed E-state index contributed by atoms with van der Waals surface area (Å²) >= 11 is 0. The Morgan fingerprint density at radius 2 is 1.72 bits per heavy atom. The first-order valence-corrected chi connectivity index (χ1v) is 7.71. The predicted octanol–water partition coefficient (Wildman–Crippen LogP) is 2.81. The van der Waals surface area contributed by atoms with Gasteiger partial charge in [-0.15, -0.1) is 0 Å². The van der Waals surface area contributed by atoms with Crippen LogP contribution in [0.2, 0.25) is 0 Å². The summed E-state index contributed by atoms with van der Waals surface area (Å²) in [5, 5.41) is 7.49. The molecule has 0 radical (unpaired) electrons. The highest BCUT2D eigenvalue weighted by molar-refractivity contribution is 5.97. The van der Waals surface area contributed by atoms with Crippen molar-refractivity contribution in [2.75, 3.05) is 7.05 Å². The molecule has 0 unspecified atom stereocenters. The number of imide groups is 1. The fraction of sp³-hybridized carbons (Fsp3) is 0.222. The lowest BCUT2D eigenvalue weighted by molar-refractivity contribution is -0.122. The molecule has 3 amide bonds. The average Bonchev–Trinajstić information content (AvgIpc) is 2.59. The van der Waals surface area contributed by atoms with Crippen molar-refractivity contribution in [3.05, 3.63) is 71.3 Å². The third-order valence-electron chi connectivity index (χ3n) is 3.70. The van der Waals surface area contributed by atoms with E-state index in [1.807, 2.05) is 0 Å². The van der Waals surface area contributed by atoms with Gasteiger partial charge in [0.25, 0.3) is 0 Å². The molecule has 2 aromatic carbocycles. The lowest BCUT2D eigenvalue weighted by Crippen LogP contribution is -2.44. The summed E-state index contributed by atoms with van der Waals surface area (Å²) in [7, 11) is 1.39. The molecule has 7 heteroatoms. The number of halogens is 2. The minimum absolute atomic E-state index is 0.218. The van der Waals surface area contributed by atoms with E-state index in [4.69, 9.17) is 0 Å². The Hall–Kier alpha value is -2.80. The van der Waals surface area contributed by atoms with Gasteiger partial charge in [0.1, 0.15) is 17.7 Å². The van der Waals surface area contributed by atoms with Crippen molar-refractivity contribution in [1.29, 1.82) is 0 Å². The van der Waals surface area contributed by atoms with Crippen LogP contribution in [0.5, 0.6) is 0 Å². The van der Waals surface area contributed by atoms with Crippen LogP contribution in [0.1, 0.15) is 30.1 Å². The minimum atomic E-state index is -0.891. The van der Waals surface area contributed by atoms with Crippen molar-refractivity contribution >= 4 is 11.9 Å². The predicted molar refractivity (Wildman–Crippen MR) is 89.7 cm³/mol. The smallest absolute Gasteiger partial charge is 0.321 e. The van der Waals surface area contributed by atoms with Crippen LogP contribution in [0.25, 0.3) is 0 Å². The first-order valence-electron chi connectivity index (χ1n) is 7.71. The zero-order chi connectivity index (χ0) is 18.4. The molecule has 0 bridgehead atoms. The summed E-state index contributed by atoms with van der Waals surface area (Å²) in [6.07, 6.45) is 0. The lowest BCUT2D eigenvalue weighted by Gasteiger charge is -2.23. The summed E-state index contributed by atoms with van der Waals surface area (Å²) < 4.78 is 27.1. The Bertz CT molecular complexity index is 753. The molecule has 0 fully saturated rings. The molecule has 0 saturated heterocycles. The van der Waals surface area contributed by atoms with E-state index in [-0.39, 0.29) is 5.56 Å². The maximum atomic E-state index is 14.0. The van der Waals surface area contributed by atoms with E-state index in [2.05, 4.69) is 16.0 Å². The first kappa shape index (κ1) is 18.5. The van der Waals surface area contributed by atoms with Crippen molar-refractivity contribution in [3.8, 4) is 0 Å². The van der Waals surface area contributed by atoms with Gasteiger partial charge < -0.3 is 5.32 Å². The fourth-order valence-electron chi connectivity index (χ4n) is 2.41. The van der Waals surface area contributed by atoms with Crippen molar-refractivity contribution < 1.29 is 18.4 Å². The second-order valence-electron chi connectivity index (χ2n) is 5.47. The van der Waals surface area contributed by atoms with Gasteiger partial charge in [-0.05, 0) is 18.6 Å². The molecular weight excluding hydrogens is 328 g/mol. The Balaban J connectivity index is 2.26. The molecule has 0 aliphatic heterocycles. The largest absolute Gasteiger partial charge is 0.341 e. The van der Waals surface area contributed by atoms with Crippen LogP contribution < -0.4 is 16.0 Å². The number of benzene rings is 2. The second-order valence-corrected chi connectivity index (χ2v) is 5.47. The number of hydrogen-bond acceptors (Lipinski definition) is 3. The minimum Gasteiger partial charge on any atom is -0.341 e. The molecule has 0 aliphatic carbocycles. The van der Waals surface area contributed by atoms with Gasteiger partial charge in [-0.1, -0.05) is 36.4 Å². The van der Waals surface area contributed by atoms with Gasteiger partial charge in [0.15, 0.2) is 0 Å². The van der Waals surface area contributed by atoms with Gasteiger partial charge in [0.05, 0.1) is 0 Å². The quantitative estimate of drug-likeness (QED) is 0.779. The number of hydrogen-bond donors (Lipinski definition) is 3. The van der Waals surface area contributed by atoms with Gasteiger partial charge in [-0.25, -0.2) is 13.6 Å². The van der Waals surface area contributed by atoms with E-state index < -0.39 is 35.7 Å². The molecule has 0 heterocycles. The number of rotatable bonds is 5. The van der Waals surface area contributed by atoms with Crippen molar-refractivity contribution in [2.45, 2.75) is 19.0 Å². The number of amides is 3. The highest BCUT2D eigenvalue weighted by Crippen LogP contribution is 2.22. The Morgan fingerprint density at radius 3 is 2.32 bits per heavy atom. The number of carbonyl (C=O) groups is 2. The van der Waals surface area contributed by atoms with Crippen molar-refractivity contribution in [2.24, 2.45) is 0 Å². The summed E-state index contributed by atoms with van der Waals surface area (Å²) in [4.78, 5) is 23.9. The molecule has 2 rings (SSSR count). The average molecular weight is 347 g/mol. The molecule has 132 valence electrons. The first-order chi connectivity index (χ1) is 11.9. The van der Waals surface area contributed by atoms with E-state index in [0.29, 0.717) is 5.56 Å². The summed E-state index contributed by atoms with van der Waals surface area (Å²) in [5.74, 6) is -1.97. The SMILES string of the molecule is CNC(=O)NC(=O)[C@H](N[C@H](C)c1ccc(F)cc1F)c1ccccc1. The third kappa shape index (κ3) is 4.84. The molecular formula is C18H19F2N3O2. The molecule has 0 aromatic heterocycles. The van der Waals surface area contributed by atoms with Crippen molar-refractivity contribution in [1.82, 2.24) is 16.0 Å². The van der Waals surface area contributed by atoms with Crippen LogP contribution in [0.3, 0.4) is 0 Å². The monoisotopic (exact) mass is 347 g/mol. The summed E-state index contributed by atoms with van der Waals surface area (Å²) in [6, 6.07) is 9.85. The molecule has 0 saturated carbocycles. The fourth-order valence-corrected chi connectivity index (χ4v) is 2.41. The van der Waals surface area contributed by atoms with Crippen LogP contribution in [-0.2, 0) is 4.79 Å². The maximum absolute atomic E-state index is 14.0. The zero-order valence-corrected chi connectivity index (χ0v) is 13.8. The van der Waals surface area contributed by atoms with Crippen LogP contribution in [0.4, 0.5) is 13.6 Å². The van der Waals surface area contributed by atoms with Gasteiger partial charge in [0, 0.05) is 24.7 Å². The van der Waals surface area contributed by atoms with Crippen LogP contribution in [-0.4, -0.2) is 19.0 Å². The Labute approximate surface area is 144 Å². The molecule has 25 heavy (non-hydrogen) atoms. The topological polar surface area (TPSA) is 70.2 Å². The van der Waals surface area contributed by atoms with E-state index in [1.54, 1.807) is 37.3 Å². The summed E-state index contributed by atoms with van der Waals surface area (Å²) in [5.41, 5.74) is 0.827. The molecule has 0 spiro atoms. The standard InChI is InChI=1S/C18H19F2N3O2/c1-11(14-9-8-13(19)10-15(14)20)22-16(12-6-4-3-5-7-12)17(24)23-18(25)21-2/h3-11,16,22H,1-2H3,(H2,21,23,24,25)/t11-,16-/m1/s1. The van der Waals surface area contributed by atoms with E-state index in [9.17, 15) is 18.4 Å². The van der Waals surface area contributed by atoms with Crippen molar-refractivity contribution in [3.63, 3.8) is 0 Å². The third-order valence-corrected chi connectivity index (χ3v) is 3.70.